The zero-order valence-electron chi connectivity index (χ0n) is 16.2. The lowest BCUT2D eigenvalue weighted by atomic mass is 9.92. The van der Waals surface area contributed by atoms with Crippen LogP contribution in [-0.2, 0) is 6.61 Å². The summed E-state index contributed by atoms with van der Waals surface area (Å²) in [5.74, 6) is 2.35. The Balaban J connectivity index is 0.00000261. The fraction of sp³-hybridized carbons (Fsp3) is 0.476. The van der Waals surface area contributed by atoms with Crippen molar-refractivity contribution in [2.45, 2.75) is 46.3 Å². The molecule has 0 bridgehead atoms. The molecule has 0 radical (unpaired) electrons. The summed E-state index contributed by atoms with van der Waals surface area (Å²) in [6.07, 6.45) is 1.96. The highest BCUT2D eigenvalue weighted by Crippen LogP contribution is 2.25. The van der Waals surface area contributed by atoms with E-state index in [4.69, 9.17) is 14.9 Å². The number of hydrogen-bond acceptors (Lipinski definition) is 4. The van der Waals surface area contributed by atoms with Crippen molar-refractivity contribution in [1.82, 2.24) is 4.90 Å². The van der Waals surface area contributed by atoms with E-state index in [0.717, 1.165) is 30.7 Å². The van der Waals surface area contributed by atoms with Crippen molar-refractivity contribution >= 4 is 18.3 Å². The molecule has 3 rings (SSSR count). The molecule has 1 amide bonds. The molecular weight excluding hydrogens is 364 g/mol. The lowest BCUT2D eigenvalue weighted by Crippen LogP contribution is -2.49. The summed E-state index contributed by atoms with van der Waals surface area (Å²) in [7, 11) is 0. The molecule has 2 unspecified atom stereocenters. The molecule has 2 atom stereocenters. The zero-order chi connectivity index (χ0) is 18.7. The van der Waals surface area contributed by atoms with E-state index in [1.54, 1.807) is 12.1 Å². The van der Waals surface area contributed by atoms with E-state index in [-0.39, 0.29) is 24.4 Å². The minimum absolute atomic E-state index is 0. The third-order valence-corrected chi connectivity index (χ3v) is 5.08. The number of carbonyl (C=O) groups excluding carboxylic acids is 1. The van der Waals surface area contributed by atoms with Crippen molar-refractivity contribution in [3.63, 3.8) is 0 Å². The minimum atomic E-state index is -0.0786. The van der Waals surface area contributed by atoms with Crippen molar-refractivity contribution in [1.29, 1.82) is 0 Å². The Morgan fingerprint density at radius 1 is 1.30 bits per heavy atom. The molecule has 0 aliphatic carbocycles. The van der Waals surface area contributed by atoms with E-state index in [0.29, 0.717) is 30.6 Å². The summed E-state index contributed by atoms with van der Waals surface area (Å²) in [6, 6.07) is 9.68. The Kier molecular flexibility index (Phi) is 7.33. The Labute approximate surface area is 167 Å². The summed E-state index contributed by atoms with van der Waals surface area (Å²) in [5, 5.41) is 0. The monoisotopic (exact) mass is 392 g/mol. The van der Waals surface area contributed by atoms with Crippen molar-refractivity contribution in [3.05, 3.63) is 53.0 Å². The van der Waals surface area contributed by atoms with E-state index in [9.17, 15) is 4.79 Å². The highest BCUT2D eigenvalue weighted by Gasteiger charge is 2.31. The van der Waals surface area contributed by atoms with Gasteiger partial charge in [-0.3, -0.25) is 4.79 Å². The van der Waals surface area contributed by atoms with Gasteiger partial charge < -0.3 is 19.8 Å². The second-order valence-electron chi connectivity index (χ2n) is 7.34. The van der Waals surface area contributed by atoms with E-state index in [2.05, 4.69) is 19.9 Å². The first-order chi connectivity index (χ1) is 12.5. The van der Waals surface area contributed by atoms with Crippen LogP contribution in [0.1, 0.15) is 47.2 Å². The molecule has 0 saturated carbocycles. The van der Waals surface area contributed by atoms with Gasteiger partial charge in [-0.1, -0.05) is 24.6 Å². The molecule has 1 aromatic carbocycles. The van der Waals surface area contributed by atoms with Crippen LogP contribution in [0.4, 0.5) is 0 Å². The Morgan fingerprint density at radius 3 is 2.78 bits per heavy atom. The first kappa shape index (κ1) is 21.3. The van der Waals surface area contributed by atoms with Gasteiger partial charge in [0, 0.05) is 19.1 Å². The largest absolute Gasteiger partial charge is 0.485 e. The van der Waals surface area contributed by atoms with Crippen molar-refractivity contribution in [2.75, 3.05) is 13.1 Å². The first-order valence-electron chi connectivity index (χ1n) is 9.27. The van der Waals surface area contributed by atoms with Gasteiger partial charge in [0.2, 0.25) is 0 Å². The number of benzene rings is 1. The number of carbonyl (C=O) groups is 1. The lowest BCUT2D eigenvalue weighted by molar-refractivity contribution is 0.0538. The number of nitrogens with two attached hydrogens (primary N) is 1. The van der Waals surface area contributed by atoms with Gasteiger partial charge in [-0.05, 0) is 56.4 Å². The number of amides is 1. The molecule has 1 aliphatic heterocycles. The number of likely N-dealkylation sites (tertiary alicyclic amines) is 1. The predicted octanol–water partition coefficient (Wildman–Crippen LogP) is 4.10. The molecule has 2 heterocycles. The third-order valence-electron chi connectivity index (χ3n) is 5.08. The van der Waals surface area contributed by atoms with Crippen LogP contribution in [0.3, 0.4) is 0 Å². The minimum Gasteiger partial charge on any atom is -0.485 e. The maximum atomic E-state index is 12.8. The first-order valence-corrected chi connectivity index (χ1v) is 9.27. The van der Waals surface area contributed by atoms with Crippen molar-refractivity contribution in [3.8, 4) is 5.75 Å². The van der Waals surface area contributed by atoms with Crippen LogP contribution in [-0.4, -0.2) is 29.9 Å². The van der Waals surface area contributed by atoms with E-state index in [1.165, 1.54) is 5.56 Å². The Morgan fingerprint density at radius 2 is 2.07 bits per heavy atom. The Hall–Kier alpha value is -1.98. The molecule has 6 heteroatoms. The molecule has 1 saturated heterocycles. The van der Waals surface area contributed by atoms with Gasteiger partial charge in [-0.15, -0.1) is 12.4 Å². The highest BCUT2D eigenvalue weighted by molar-refractivity contribution is 5.91. The van der Waals surface area contributed by atoms with Gasteiger partial charge >= 0.3 is 0 Å². The molecule has 0 spiro atoms. The fourth-order valence-electron chi connectivity index (χ4n) is 3.56. The predicted molar refractivity (Wildman–Crippen MR) is 108 cm³/mol. The quantitative estimate of drug-likeness (QED) is 0.831. The van der Waals surface area contributed by atoms with Gasteiger partial charge in [0.15, 0.2) is 5.76 Å². The van der Waals surface area contributed by atoms with Gasteiger partial charge in [-0.25, -0.2) is 0 Å². The lowest BCUT2D eigenvalue weighted by Gasteiger charge is -2.37. The van der Waals surface area contributed by atoms with E-state index in [1.807, 2.05) is 24.0 Å². The number of furan rings is 1. The molecule has 27 heavy (non-hydrogen) atoms. The zero-order valence-corrected chi connectivity index (χ0v) is 17.1. The van der Waals surface area contributed by atoms with E-state index >= 15 is 0 Å². The van der Waals surface area contributed by atoms with Crippen LogP contribution in [0.15, 0.2) is 34.7 Å². The maximum Gasteiger partial charge on any atom is 0.289 e. The maximum absolute atomic E-state index is 12.8. The number of aryl methyl sites for hydroxylation is 2. The van der Waals surface area contributed by atoms with Crippen molar-refractivity contribution < 1.29 is 13.9 Å². The summed E-state index contributed by atoms with van der Waals surface area (Å²) in [4.78, 5) is 14.6. The molecule has 2 aromatic rings. The number of ether oxygens (including phenoxy) is 1. The summed E-state index contributed by atoms with van der Waals surface area (Å²) >= 11 is 0. The van der Waals surface area contributed by atoms with Crippen molar-refractivity contribution in [2.24, 2.45) is 11.7 Å². The summed E-state index contributed by atoms with van der Waals surface area (Å²) < 4.78 is 11.6. The SMILES string of the molecule is Cc1ccc(OCc2ccc(C(=O)N3CCC(C)CC3CN)o2)c(C)c1.Cl. The highest BCUT2D eigenvalue weighted by atomic mass is 35.5. The normalized spacial score (nSPS) is 19.5. The third kappa shape index (κ3) is 5.05. The van der Waals surface area contributed by atoms with Crippen LogP contribution < -0.4 is 10.5 Å². The molecule has 1 aliphatic rings. The topological polar surface area (TPSA) is 68.7 Å². The number of piperidine rings is 1. The summed E-state index contributed by atoms with van der Waals surface area (Å²) in [5.41, 5.74) is 8.15. The summed E-state index contributed by atoms with van der Waals surface area (Å²) in [6.45, 7) is 7.80. The average Bonchev–Trinajstić information content (AvgIpc) is 3.09. The van der Waals surface area contributed by atoms with Crippen LogP contribution in [0.25, 0.3) is 0 Å². The van der Waals surface area contributed by atoms with E-state index < -0.39 is 0 Å². The second-order valence-corrected chi connectivity index (χ2v) is 7.34. The molecule has 1 fully saturated rings. The van der Waals surface area contributed by atoms with Crippen LogP contribution >= 0.6 is 12.4 Å². The molecule has 1 aromatic heterocycles. The standard InChI is InChI=1S/C21H28N2O3.ClH/c1-14-4-6-19(16(3)10-14)25-13-18-5-7-20(26-18)21(24)23-9-8-15(2)11-17(23)12-22;/h4-7,10,15,17H,8-9,11-13,22H2,1-3H3;1H. The average molecular weight is 393 g/mol. The van der Waals surface area contributed by atoms with Crippen LogP contribution in [0.2, 0.25) is 0 Å². The van der Waals surface area contributed by atoms with Crippen LogP contribution in [0, 0.1) is 19.8 Å². The van der Waals surface area contributed by atoms with Gasteiger partial charge in [0.25, 0.3) is 5.91 Å². The molecular formula is C21H29ClN2O3. The smallest absolute Gasteiger partial charge is 0.289 e. The molecule has 5 nitrogen and oxygen atoms in total. The number of nitrogens with zero attached hydrogens (tertiary/aromatic N) is 1. The number of halogens is 1. The Bertz CT molecular complexity index is 775. The van der Waals surface area contributed by atoms with Crippen LogP contribution in [0.5, 0.6) is 5.75 Å². The van der Waals surface area contributed by atoms with Gasteiger partial charge in [0.05, 0.1) is 0 Å². The number of rotatable bonds is 5. The molecule has 2 N–H and O–H groups in total. The van der Waals surface area contributed by atoms with Gasteiger partial charge in [-0.2, -0.15) is 0 Å². The van der Waals surface area contributed by atoms with Gasteiger partial charge in [0.1, 0.15) is 18.1 Å². The second kappa shape index (κ2) is 9.29. The molecule has 148 valence electrons. The fourth-order valence-corrected chi connectivity index (χ4v) is 3.56. The number of hydrogen-bond donors (Lipinski definition) is 1.